The SMILES string of the molecule is COc1cc(Br)cc(/C=C/C(C)N)c1OC. The number of halogens is 1. The average molecular weight is 286 g/mol. The zero-order valence-corrected chi connectivity index (χ0v) is 11.2. The maximum atomic E-state index is 5.67. The van der Waals surface area contributed by atoms with Crippen LogP contribution in [0.4, 0.5) is 0 Å². The Morgan fingerprint density at radius 2 is 2.00 bits per heavy atom. The predicted octanol–water partition coefficient (Wildman–Crippen LogP) is 2.83. The third kappa shape index (κ3) is 3.25. The molecule has 1 aromatic carbocycles. The van der Waals surface area contributed by atoms with Crippen molar-refractivity contribution in [3.05, 3.63) is 28.2 Å². The van der Waals surface area contributed by atoms with Crippen LogP contribution in [-0.2, 0) is 0 Å². The van der Waals surface area contributed by atoms with Crippen LogP contribution in [-0.4, -0.2) is 20.3 Å². The van der Waals surface area contributed by atoms with Crippen molar-refractivity contribution >= 4 is 22.0 Å². The summed E-state index contributed by atoms with van der Waals surface area (Å²) in [5.41, 5.74) is 6.61. The fraction of sp³-hybridized carbons (Fsp3) is 0.333. The minimum Gasteiger partial charge on any atom is -0.493 e. The molecule has 0 aliphatic heterocycles. The minimum atomic E-state index is 0.00897. The van der Waals surface area contributed by atoms with Crippen LogP contribution in [0.5, 0.6) is 11.5 Å². The van der Waals surface area contributed by atoms with E-state index in [1.165, 1.54) is 0 Å². The quantitative estimate of drug-likeness (QED) is 0.925. The molecule has 0 bridgehead atoms. The lowest BCUT2D eigenvalue weighted by molar-refractivity contribution is 0.354. The van der Waals surface area contributed by atoms with Crippen molar-refractivity contribution < 1.29 is 9.47 Å². The van der Waals surface area contributed by atoms with Gasteiger partial charge in [-0.15, -0.1) is 0 Å². The molecule has 16 heavy (non-hydrogen) atoms. The summed E-state index contributed by atoms with van der Waals surface area (Å²) in [6, 6.07) is 3.83. The van der Waals surface area contributed by atoms with Crippen molar-refractivity contribution in [1.82, 2.24) is 0 Å². The van der Waals surface area contributed by atoms with Gasteiger partial charge in [0.1, 0.15) is 0 Å². The molecule has 0 saturated heterocycles. The van der Waals surface area contributed by atoms with Gasteiger partial charge >= 0.3 is 0 Å². The first-order valence-electron chi connectivity index (χ1n) is 4.93. The first-order valence-corrected chi connectivity index (χ1v) is 5.73. The second kappa shape index (κ2) is 5.92. The summed E-state index contributed by atoms with van der Waals surface area (Å²) >= 11 is 3.42. The molecule has 0 aliphatic carbocycles. The van der Waals surface area contributed by atoms with Gasteiger partial charge in [0, 0.05) is 16.1 Å². The molecular weight excluding hydrogens is 270 g/mol. The average Bonchev–Trinajstić information content (AvgIpc) is 2.25. The largest absolute Gasteiger partial charge is 0.493 e. The molecule has 0 spiro atoms. The number of hydrogen-bond donors (Lipinski definition) is 1. The van der Waals surface area contributed by atoms with E-state index in [-0.39, 0.29) is 6.04 Å². The van der Waals surface area contributed by atoms with E-state index < -0.39 is 0 Å². The van der Waals surface area contributed by atoms with Crippen LogP contribution >= 0.6 is 15.9 Å². The third-order valence-electron chi connectivity index (χ3n) is 2.05. The molecule has 1 aromatic rings. The smallest absolute Gasteiger partial charge is 0.167 e. The van der Waals surface area contributed by atoms with Crippen molar-refractivity contribution in [3.8, 4) is 11.5 Å². The van der Waals surface area contributed by atoms with Gasteiger partial charge in [0.15, 0.2) is 11.5 Å². The van der Waals surface area contributed by atoms with Crippen LogP contribution in [0.2, 0.25) is 0 Å². The lowest BCUT2D eigenvalue weighted by Crippen LogP contribution is -2.10. The van der Waals surface area contributed by atoms with E-state index in [0.717, 1.165) is 10.0 Å². The zero-order chi connectivity index (χ0) is 12.1. The number of methoxy groups -OCH3 is 2. The summed E-state index contributed by atoms with van der Waals surface area (Å²) in [5.74, 6) is 1.41. The summed E-state index contributed by atoms with van der Waals surface area (Å²) in [6.45, 7) is 1.91. The summed E-state index contributed by atoms with van der Waals surface area (Å²) < 4.78 is 11.5. The summed E-state index contributed by atoms with van der Waals surface area (Å²) in [5, 5.41) is 0. The van der Waals surface area contributed by atoms with Crippen LogP contribution in [0.3, 0.4) is 0 Å². The molecule has 0 saturated carbocycles. The van der Waals surface area contributed by atoms with Crippen molar-refractivity contribution in [2.45, 2.75) is 13.0 Å². The number of nitrogens with two attached hydrogens (primary N) is 1. The molecule has 3 nitrogen and oxygen atoms in total. The van der Waals surface area contributed by atoms with Crippen molar-refractivity contribution in [2.24, 2.45) is 5.73 Å². The maximum absolute atomic E-state index is 5.67. The van der Waals surface area contributed by atoms with Gasteiger partial charge in [0.25, 0.3) is 0 Å². The molecule has 1 rings (SSSR count). The standard InChI is InChI=1S/C12H16BrNO2/c1-8(14)4-5-9-6-10(13)7-11(15-2)12(9)16-3/h4-8H,14H2,1-3H3/b5-4+. The van der Waals surface area contributed by atoms with Crippen LogP contribution in [0.25, 0.3) is 6.08 Å². The Hall–Kier alpha value is -1.00. The molecule has 4 heteroatoms. The predicted molar refractivity (Wildman–Crippen MR) is 69.9 cm³/mol. The van der Waals surface area contributed by atoms with E-state index in [4.69, 9.17) is 15.2 Å². The Balaban J connectivity index is 3.20. The van der Waals surface area contributed by atoms with E-state index in [1.54, 1.807) is 14.2 Å². The number of ether oxygens (including phenoxy) is 2. The second-order valence-corrected chi connectivity index (χ2v) is 4.36. The molecule has 0 heterocycles. The van der Waals surface area contributed by atoms with Crippen LogP contribution in [0.15, 0.2) is 22.7 Å². The number of rotatable bonds is 4. The minimum absolute atomic E-state index is 0.00897. The van der Waals surface area contributed by atoms with E-state index in [9.17, 15) is 0 Å². The molecule has 0 fully saturated rings. The molecule has 0 radical (unpaired) electrons. The van der Waals surface area contributed by atoms with E-state index in [1.807, 2.05) is 31.2 Å². The van der Waals surface area contributed by atoms with Crippen LogP contribution < -0.4 is 15.2 Å². The highest BCUT2D eigenvalue weighted by Gasteiger charge is 2.09. The highest BCUT2D eigenvalue weighted by Crippen LogP contribution is 2.35. The Morgan fingerprint density at radius 3 is 2.50 bits per heavy atom. The van der Waals surface area contributed by atoms with Gasteiger partial charge in [-0.1, -0.05) is 28.1 Å². The molecule has 2 N–H and O–H groups in total. The van der Waals surface area contributed by atoms with Crippen molar-refractivity contribution in [1.29, 1.82) is 0 Å². The molecule has 0 amide bonds. The van der Waals surface area contributed by atoms with Gasteiger partial charge in [-0.05, 0) is 19.1 Å². The van der Waals surface area contributed by atoms with E-state index in [0.29, 0.717) is 11.5 Å². The Morgan fingerprint density at radius 1 is 1.31 bits per heavy atom. The fourth-order valence-electron chi connectivity index (χ4n) is 1.34. The molecule has 0 aliphatic rings. The van der Waals surface area contributed by atoms with Crippen LogP contribution in [0, 0.1) is 0 Å². The molecule has 0 aromatic heterocycles. The first kappa shape index (κ1) is 13.1. The lowest BCUT2D eigenvalue weighted by atomic mass is 10.1. The monoisotopic (exact) mass is 285 g/mol. The normalized spacial score (nSPS) is 12.8. The van der Waals surface area contributed by atoms with E-state index in [2.05, 4.69) is 15.9 Å². The topological polar surface area (TPSA) is 44.5 Å². The highest BCUT2D eigenvalue weighted by atomic mass is 79.9. The number of hydrogen-bond acceptors (Lipinski definition) is 3. The van der Waals surface area contributed by atoms with E-state index >= 15 is 0 Å². The Labute approximate surface area is 104 Å². The van der Waals surface area contributed by atoms with Crippen molar-refractivity contribution in [3.63, 3.8) is 0 Å². The maximum Gasteiger partial charge on any atom is 0.167 e. The Bertz CT molecular complexity index is 389. The van der Waals surface area contributed by atoms with Gasteiger partial charge in [-0.25, -0.2) is 0 Å². The molecule has 1 unspecified atom stereocenters. The molecular formula is C12H16BrNO2. The Kier molecular flexibility index (Phi) is 4.83. The summed E-state index contributed by atoms with van der Waals surface area (Å²) in [4.78, 5) is 0. The number of benzene rings is 1. The van der Waals surface area contributed by atoms with Gasteiger partial charge in [-0.2, -0.15) is 0 Å². The second-order valence-electron chi connectivity index (χ2n) is 3.45. The molecule has 1 atom stereocenters. The highest BCUT2D eigenvalue weighted by molar-refractivity contribution is 9.10. The summed E-state index contributed by atoms with van der Waals surface area (Å²) in [6.07, 6.45) is 3.83. The van der Waals surface area contributed by atoms with Crippen LogP contribution in [0.1, 0.15) is 12.5 Å². The first-order chi connectivity index (χ1) is 7.58. The lowest BCUT2D eigenvalue weighted by Gasteiger charge is -2.11. The zero-order valence-electron chi connectivity index (χ0n) is 9.66. The third-order valence-corrected chi connectivity index (χ3v) is 2.51. The van der Waals surface area contributed by atoms with Gasteiger partial charge < -0.3 is 15.2 Å². The fourth-order valence-corrected chi connectivity index (χ4v) is 1.79. The van der Waals surface area contributed by atoms with Gasteiger partial charge in [0.05, 0.1) is 14.2 Å². The van der Waals surface area contributed by atoms with Gasteiger partial charge in [0.2, 0.25) is 0 Å². The summed E-state index contributed by atoms with van der Waals surface area (Å²) in [7, 11) is 3.23. The van der Waals surface area contributed by atoms with Gasteiger partial charge in [-0.3, -0.25) is 0 Å². The molecule has 88 valence electrons. The van der Waals surface area contributed by atoms with Crippen molar-refractivity contribution in [2.75, 3.05) is 14.2 Å².